The molecule has 0 aliphatic rings. The highest BCUT2D eigenvalue weighted by molar-refractivity contribution is 7.88. The van der Waals surface area contributed by atoms with Gasteiger partial charge in [0.05, 0.1) is 11.9 Å². The zero-order chi connectivity index (χ0) is 15.9. The van der Waals surface area contributed by atoms with Crippen LogP contribution in [0.2, 0.25) is 0 Å². The van der Waals surface area contributed by atoms with Crippen LogP contribution in [0.5, 0.6) is 0 Å². The summed E-state index contributed by atoms with van der Waals surface area (Å²) in [5, 5.41) is 12.0. The molecule has 118 valence electrons. The molecule has 0 atom stereocenters. The van der Waals surface area contributed by atoms with Crippen LogP contribution in [0, 0.1) is 0 Å². The number of sulfonamides is 1. The van der Waals surface area contributed by atoms with Crippen LogP contribution in [-0.4, -0.2) is 54.7 Å². The Kier molecular flexibility index (Phi) is 6.73. The van der Waals surface area contributed by atoms with Gasteiger partial charge in [0.2, 0.25) is 10.0 Å². The van der Waals surface area contributed by atoms with Crippen LogP contribution in [0.1, 0.15) is 29.5 Å². The van der Waals surface area contributed by atoms with E-state index in [0.29, 0.717) is 38.3 Å². The lowest BCUT2D eigenvalue weighted by Gasteiger charge is -2.17. The first kappa shape index (κ1) is 17.5. The number of pyridine rings is 1. The lowest BCUT2D eigenvalue weighted by molar-refractivity contribution is 0.0690. The van der Waals surface area contributed by atoms with E-state index in [1.165, 1.54) is 16.6 Å². The van der Waals surface area contributed by atoms with Crippen molar-refractivity contribution in [2.75, 3.05) is 25.9 Å². The Hall–Kier alpha value is -1.51. The summed E-state index contributed by atoms with van der Waals surface area (Å²) < 4.78 is 24.2. The molecule has 7 nitrogen and oxygen atoms in total. The molecule has 0 aliphatic heterocycles. The van der Waals surface area contributed by atoms with Crippen molar-refractivity contribution in [3.8, 4) is 0 Å². The van der Waals surface area contributed by atoms with Crippen molar-refractivity contribution in [2.45, 2.75) is 19.9 Å². The molecule has 0 saturated heterocycles. The summed E-state index contributed by atoms with van der Waals surface area (Å²) in [4.78, 5) is 14.8. The molecule has 0 unspecified atom stereocenters. The monoisotopic (exact) mass is 315 g/mol. The average molecular weight is 315 g/mol. The lowest BCUT2D eigenvalue weighted by atomic mass is 10.3. The molecule has 8 heteroatoms. The summed E-state index contributed by atoms with van der Waals surface area (Å²) in [6.07, 6.45) is 1.88. The first-order valence-corrected chi connectivity index (χ1v) is 8.54. The minimum atomic E-state index is -3.14. The van der Waals surface area contributed by atoms with E-state index in [2.05, 4.69) is 10.3 Å². The van der Waals surface area contributed by atoms with Crippen molar-refractivity contribution in [1.82, 2.24) is 14.6 Å². The molecule has 0 spiro atoms. The fourth-order valence-corrected chi connectivity index (χ4v) is 2.78. The smallest absolute Gasteiger partial charge is 0.354 e. The quantitative estimate of drug-likeness (QED) is 0.645. The number of carbonyl (C=O) groups is 1. The van der Waals surface area contributed by atoms with Gasteiger partial charge in [-0.15, -0.1) is 0 Å². The van der Waals surface area contributed by atoms with Gasteiger partial charge in [-0.2, -0.15) is 0 Å². The molecule has 0 aromatic carbocycles. The summed E-state index contributed by atoms with van der Waals surface area (Å²) in [6.45, 7) is 3.80. The van der Waals surface area contributed by atoms with Crippen molar-refractivity contribution in [3.63, 3.8) is 0 Å². The highest BCUT2D eigenvalue weighted by Crippen LogP contribution is 2.00. The number of nitrogens with zero attached hydrogens (tertiary/aromatic N) is 2. The van der Waals surface area contributed by atoms with E-state index in [9.17, 15) is 13.2 Å². The SMILES string of the molecule is CCN(CCCNCc1cccc(C(=O)O)n1)S(C)(=O)=O. The summed E-state index contributed by atoms with van der Waals surface area (Å²) >= 11 is 0. The van der Waals surface area contributed by atoms with E-state index in [-0.39, 0.29) is 5.69 Å². The molecule has 2 N–H and O–H groups in total. The highest BCUT2D eigenvalue weighted by Gasteiger charge is 2.13. The maximum absolute atomic E-state index is 11.4. The number of hydrogen-bond acceptors (Lipinski definition) is 5. The van der Waals surface area contributed by atoms with Gasteiger partial charge in [-0.1, -0.05) is 13.0 Å². The molecule has 1 aromatic heterocycles. The van der Waals surface area contributed by atoms with Gasteiger partial charge in [-0.05, 0) is 25.1 Å². The van der Waals surface area contributed by atoms with E-state index in [4.69, 9.17) is 5.11 Å². The highest BCUT2D eigenvalue weighted by atomic mass is 32.2. The molecule has 0 saturated carbocycles. The molecular weight excluding hydrogens is 294 g/mol. The molecule has 0 radical (unpaired) electrons. The largest absolute Gasteiger partial charge is 0.477 e. The zero-order valence-corrected chi connectivity index (χ0v) is 13.1. The summed E-state index contributed by atoms with van der Waals surface area (Å²) in [7, 11) is -3.14. The standard InChI is InChI=1S/C13H21N3O4S/c1-3-16(21(2,19)20)9-5-8-14-10-11-6-4-7-12(15-11)13(17)18/h4,6-7,14H,3,5,8-10H2,1-2H3,(H,17,18). The molecule has 1 rings (SSSR count). The summed E-state index contributed by atoms with van der Waals surface area (Å²) in [6, 6.07) is 4.83. The Morgan fingerprint density at radius 2 is 2.14 bits per heavy atom. The van der Waals surface area contributed by atoms with Gasteiger partial charge in [-0.3, -0.25) is 0 Å². The third-order valence-electron chi connectivity index (χ3n) is 2.91. The Bertz CT molecular complexity index is 575. The van der Waals surface area contributed by atoms with E-state index in [1.54, 1.807) is 19.1 Å². The van der Waals surface area contributed by atoms with Gasteiger partial charge in [0, 0.05) is 19.6 Å². The van der Waals surface area contributed by atoms with Crippen LogP contribution < -0.4 is 5.32 Å². The van der Waals surface area contributed by atoms with Crippen molar-refractivity contribution >= 4 is 16.0 Å². The second kappa shape index (κ2) is 8.06. The Morgan fingerprint density at radius 3 is 2.71 bits per heavy atom. The van der Waals surface area contributed by atoms with E-state index >= 15 is 0 Å². The van der Waals surface area contributed by atoms with Crippen molar-refractivity contribution in [2.24, 2.45) is 0 Å². The van der Waals surface area contributed by atoms with Crippen LogP contribution in [0.3, 0.4) is 0 Å². The normalized spacial score (nSPS) is 11.8. The topological polar surface area (TPSA) is 99.6 Å². The maximum atomic E-state index is 11.4. The number of aromatic carboxylic acids is 1. The maximum Gasteiger partial charge on any atom is 0.354 e. The Labute approximate surface area is 125 Å². The molecule has 21 heavy (non-hydrogen) atoms. The first-order valence-electron chi connectivity index (χ1n) is 6.69. The predicted molar refractivity (Wildman–Crippen MR) is 79.6 cm³/mol. The minimum Gasteiger partial charge on any atom is -0.477 e. The molecule has 1 aromatic rings. The van der Waals surface area contributed by atoms with E-state index in [1.807, 2.05) is 0 Å². The second-order valence-corrected chi connectivity index (χ2v) is 6.59. The Morgan fingerprint density at radius 1 is 1.43 bits per heavy atom. The van der Waals surface area contributed by atoms with Crippen LogP contribution in [0.4, 0.5) is 0 Å². The van der Waals surface area contributed by atoms with Crippen LogP contribution in [0.15, 0.2) is 18.2 Å². The number of hydrogen-bond donors (Lipinski definition) is 2. The van der Waals surface area contributed by atoms with Crippen molar-refractivity contribution in [1.29, 1.82) is 0 Å². The summed E-state index contributed by atoms with van der Waals surface area (Å²) in [5.74, 6) is -1.05. The van der Waals surface area contributed by atoms with Gasteiger partial charge in [0.15, 0.2) is 0 Å². The van der Waals surface area contributed by atoms with Gasteiger partial charge in [0.1, 0.15) is 5.69 Å². The van der Waals surface area contributed by atoms with Crippen LogP contribution >= 0.6 is 0 Å². The minimum absolute atomic E-state index is 0.0172. The average Bonchev–Trinajstić information content (AvgIpc) is 2.41. The van der Waals surface area contributed by atoms with E-state index in [0.717, 1.165) is 0 Å². The number of rotatable bonds is 9. The number of carboxylic acids is 1. The molecular formula is C13H21N3O4S. The fraction of sp³-hybridized carbons (Fsp3) is 0.538. The fourth-order valence-electron chi connectivity index (χ4n) is 1.85. The molecule has 1 heterocycles. The molecule has 0 aliphatic carbocycles. The number of aromatic nitrogens is 1. The molecule has 0 bridgehead atoms. The third-order valence-corrected chi connectivity index (χ3v) is 4.29. The van der Waals surface area contributed by atoms with Crippen molar-refractivity contribution < 1.29 is 18.3 Å². The van der Waals surface area contributed by atoms with E-state index < -0.39 is 16.0 Å². The van der Waals surface area contributed by atoms with Crippen LogP contribution in [-0.2, 0) is 16.6 Å². The first-order chi connectivity index (χ1) is 9.84. The number of carboxylic acid groups (broad SMARTS) is 1. The molecule has 0 fully saturated rings. The molecule has 0 amide bonds. The van der Waals surface area contributed by atoms with Gasteiger partial charge >= 0.3 is 5.97 Å². The number of nitrogens with one attached hydrogen (secondary N) is 1. The second-order valence-electron chi connectivity index (χ2n) is 4.60. The Balaban J connectivity index is 2.35. The summed E-state index contributed by atoms with van der Waals surface area (Å²) in [5.41, 5.74) is 0.661. The lowest BCUT2D eigenvalue weighted by Crippen LogP contribution is -2.32. The third kappa shape index (κ3) is 6.19. The van der Waals surface area contributed by atoms with Crippen LogP contribution in [0.25, 0.3) is 0 Å². The van der Waals surface area contributed by atoms with Gasteiger partial charge in [-0.25, -0.2) is 22.5 Å². The van der Waals surface area contributed by atoms with Gasteiger partial charge < -0.3 is 10.4 Å². The van der Waals surface area contributed by atoms with Gasteiger partial charge in [0.25, 0.3) is 0 Å². The van der Waals surface area contributed by atoms with Crippen molar-refractivity contribution in [3.05, 3.63) is 29.6 Å². The zero-order valence-electron chi connectivity index (χ0n) is 12.2. The predicted octanol–water partition coefficient (Wildman–Crippen LogP) is 0.541.